The zero-order chi connectivity index (χ0) is 15.0. The largest absolute Gasteiger partial charge is 0.477 e. The Morgan fingerprint density at radius 2 is 1.95 bits per heavy atom. The van der Waals surface area contributed by atoms with Crippen molar-refractivity contribution in [2.24, 2.45) is 0 Å². The van der Waals surface area contributed by atoms with Crippen LogP contribution in [0.25, 0.3) is 11.3 Å². The van der Waals surface area contributed by atoms with E-state index in [-0.39, 0.29) is 11.5 Å². The predicted octanol–water partition coefficient (Wildman–Crippen LogP) is 5.22. The third kappa shape index (κ3) is 2.79. The zero-order valence-electron chi connectivity index (χ0n) is 11.1. The minimum Gasteiger partial charge on any atom is -0.477 e. The Labute approximate surface area is 138 Å². The van der Waals surface area contributed by atoms with Crippen LogP contribution < -0.4 is 0 Å². The number of aromatic nitrogens is 1. The lowest BCUT2D eigenvalue weighted by Crippen LogP contribution is -2.04. The highest BCUT2D eigenvalue weighted by atomic mass is 79.9. The fourth-order valence-corrected chi connectivity index (χ4v) is 3.44. The smallest absolute Gasteiger partial charge is 0.341 e. The summed E-state index contributed by atoms with van der Waals surface area (Å²) in [6.45, 7) is 0. The van der Waals surface area contributed by atoms with E-state index in [4.69, 9.17) is 4.52 Å². The van der Waals surface area contributed by atoms with Crippen molar-refractivity contribution >= 4 is 37.8 Å². The summed E-state index contributed by atoms with van der Waals surface area (Å²) < 4.78 is 7.16. The number of nitrogens with zero attached hydrogens (tertiary/aromatic N) is 1. The van der Waals surface area contributed by atoms with Crippen molar-refractivity contribution in [3.63, 3.8) is 0 Å². The quantitative estimate of drug-likeness (QED) is 0.747. The van der Waals surface area contributed by atoms with Gasteiger partial charge in [-0.15, -0.1) is 0 Å². The summed E-state index contributed by atoms with van der Waals surface area (Å²) in [6, 6.07) is 5.53. The Balaban J connectivity index is 2.09. The topological polar surface area (TPSA) is 63.3 Å². The SMILES string of the molecule is O=C(O)c1c(-c2ccc(Br)c(Br)c2)noc1C1CCCC1. The molecule has 0 bridgehead atoms. The van der Waals surface area contributed by atoms with Crippen LogP contribution in [0.5, 0.6) is 0 Å². The zero-order valence-corrected chi connectivity index (χ0v) is 14.3. The van der Waals surface area contributed by atoms with Gasteiger partial charge in [-0.25, -0.2) is 4.79 Å². The predicted molar refractivity (Wildman–Crippen MR) is 85.5 cm³/mol. The summed E-state index contributed by atoms with van der Waals surface area (Å²) in [7, 11) is 0. The van der Waals surface area contributed by atoms with E-state index in [0.29, 0.717) is 11.5 Å². The second-order valence-electron chi connectivity index (χ2n) is 5.19. The van der Waals surface area contributed by atoms with Gasteiger partial charge in [-0.1, -0.05) is 24.1 Å². The van der Waals surface area contributed by atoms with Crippen LogP contribution in [-0.2, 0) is 0 Å². The van der Waals surface area contributed by atoms with Crippen molar-refractivity contribution in [2.45, 2.75) is 31.6 Å². The number of halogens is 2. The number of rotatable bonds is 3. The van der Waals surface area contributed by atoms with Gasteiger partial charge in [0.25, 0.3) is 0 Å². The summed E-state index contributed by atoms with van der Waals surface area (Å²) in [5.41, 5.74) is 1.34. The van der Waals surface area contributed by atoms with Crippen molar-refractivity contribution in [2.75, 3.05) is 0 Å². The molecule has 1 N–H and O–H groups in total. The van der Waals surface area contributed by atoms with Gasteiger partial charge < -0.3 is 9.63 Å². The van der Waals surface area contributed by atoms with Crippen molar-refractivity contribution in [1.29, 1.82) is 0 Å². The molecule has 2 aromatic rings. The van der Waals surface area contributed by atoms with Crippen LogP contribution in [0.2, 0.25) is 0 Å². The highest BCUT2D eigenvalue weighted by Crippen LogP contribution is 2.39. The molecule has 1 aliphatic carbocycles. The molecule has 1 aliphatic rings. The maximum absolute atomic E-state index is 11.7. The average molecular weight is 415 g/mol. The maximum atomic E-state index is 11.7. The number of carbonyl (C=O) groups is 1. The molecule has 0 atom stereocenters. The van der Waals surface area contributed by atoms with E-state index >= 15 is 0 Å². The molecule has 1 fully saturated rings. The molecule has 4 nitrogen and oxygen atoms in total. The van der Waals surface area contributed by atoms with Gasteiger partial charge in [-0.3, -0.25) is 0 Å². The van der Waals surface area contributed by atoms with Crippen LogP contribution in [0.3, 0.4) is 0 Å². The molecule has 1 aromatic carbocycles. The van der Waals surface area contributed by atoms with Crippen LogP contribution in [-0.4, -0.2) is 16.2 Å². The van der Waals surface area contributed by atoms with E-state index in [1.807, 2.05) is 18.2 Å². The van der Waals surface area contributed by atoms with Gasteiger partial charge in [0.2, 0.25) is 0 Å². The Morgan fingerprint density at radius 1 is 1.24 bits per heavy atom. The Morgan fingerprint density at radius 3 is 2.57 bits per heavy atom. The Bertz CT molecular complexity index is 690. The molecule has 0 radical (unpaired) electrons. The molecule has 6 heteroatoms. The minimum atomic E-state index is -0.979. The van der Waals surface area contributed by atoms with E-state index < -0.39 is 5.97 Å². The first-order chi connectivity index (χ1) is 10.1. The van der Waals surface area contributed by atoms with Gasteiger partial charge in [-0.2, -0.15) is 0 Å². The molecule has 0 saturated heterocycles. The molecule has 110 valence electrons. The second-order valence-corrected chi connectivity index (χ2v) is 6.89. The van der Waals surface area contributed by atoms with Gasteiger partial charge in [0.15, 0.2) is 5.76 Å². The lowest BCUT2D eigenvalue weighted by atomic mass is 9.97. The highest BCUT2D eigenvalue weighted by Gasteiger charge is 2.30. The lowest BCUT2D eigenvalue weighted by molar-refractivity contribution is 0.0694. The average Bonchev–Trinajstić information content (AvgIpc) is 3.09. The van der Waals surface area contributed by atoms with Crippen molar-refractivity contribution in [3.8, 4) is 11.3 Å². The van der Waals surface area contributed by atoms with Crippen LogP contribution in [0.1, 0.15) is 47.7 Å². The van der Waals surface area contributed by atoms with E-state index in [9.17, 15) is 9.90 Å². The molecule has 1 aromatic heterocycles. The number of carboxylic acids is 1. The number of carboxylic acid groups (broad SMARTS) is 1. The first kappa shape index (κ1) is 14.8. The number of hydrogen-bond donors (Lipinski definition) is 1. The molecule has 0 unspecified atom stereocenters. The van der Waals surface area contributed by atoms with Crippen molar-refractivity contribution < 1.29 is 14.4 Å². The van der Waals surface area contributed by atoms with E-state index in [1.54, 1.807) is 0 Å². The summed E-state index contributed by atoms with van der Waals surface area (Å²) in [6.07, 6.45) is 4.17. The fraction of sp³-hybridized carbons (Fsp3) is 0.333. The van der Waals surface area contributed by atoms with Crippen molar-refractivity contribution in [3.05, 3.63) is 38.5 Å². The first-order valence-electron chi connectivity index (χ1n) is 6.76. The molecule has 3 rings (SSSR count). The monoisotopic (exact) mass is 413 g/mol. The van der Waals surface area contributed by atoms with E-state index in [2.05, 4.69) is 37.0 Å². The van der Waals surface area contributed by atoms with Crippen LogP contribution >= 0.6 is 31.9 Å². The standard InChI is InChI=1S/C15H13Br2NO3/c16-10-6-5-9(7-11(10)17)13-12(15(19)20)14(21-18-13)8-3-1-2-4-8/h5-8H,1-4H2,(H,19,20). The minimum absolute atomic E-state index is 0.177. The number of benzene rings is 1. The Hall–Kier alpha value is -1.14. The number of hydrogen-bond acceptors (Lipinski definition) is 3. The molecule has 0 aliphatic heterocycles. The third-order valence-electron chi connectivity index (χ3n) is 3.85. The fourth-order valence-electron chi connectivity index (χ4n) is 2.82. The summed E-state index contributed by atoms with van der Waals surface area (Å²) in [5.74, 6) is -0.280. The van der Waals surface area contributed by atoms with Gasteiger partial charge in [0.05, 0.1) is 0 Å². The first-order valence-corrected chi connectivity index (χ1v) is 8.35. The van der Waals surface area contributed by atoms with Crippen LogP contribution in [0, 0.1) is 0 Å². The summed E-state index contributed by atoms with van der Waals surface area (Å²) in [5, 5.41) is 13.6. The summed E-state index contributed by atoms with van der Waals surface area (Å²) >= 11 is 6.83. The van der Waals surface area contributed by atoms with Gasteiger partial charge in [0.1, 0.15) is 11.3 Å². The molecule has 1 heterocycles. The maximum Gasteiger partial charge on any atom is 0.341 e. The Kier molecular flexibility index (Phi) is 4.17. The highest BCUT2D eigenvalue weighted by molar-refractivity contribution is 9.13. The molecule has 1 saturated carbocycles. The van der Waals surface area contributed by atoms with Crippen LogP contribution in [0.15, 0.2) is 31.7 Å². The normalized spacial score (nSPS) is 15.5. The molecule has 0 amide bonds. The molecule has 21 heavy (non-hydrogen) atoms. The molecular formula is C15H13Br2NO3. The second kappa shape index (κ2) is 5.93. The molecular weight excluding hydrogens is 402 g/mol. The van der Waals surface area contributed by atoms with Gasteiger partial charge >= 0.3 is 5.97 Å². The lowest BCUT2D eigenvalue weighted by Gasteiger charge is -2.06. The number of aromatic carboxylic acids is 1. The van der Waals surface area contributed by atoms with Gasteiger partial charge in [-0.05, 0) is 56.8 Å². The molecule has 0 spiro atoms. The van der Waals surface area contributed by atoms with E-state index in [1.165, 1.54) is 0 Å². The third-order valence-corrected chi connectivity index (χ3v) is 5.73. The van der Waals surface area contributed by atoms with Crippen LogP contribution in [0.4, 0.5) is 0 Å². The summed E-state index contributed by atoms with van der Waals surface area (Å²) in [4.78, 5) is 11.7. The van der Waals surface area contributed by atoms with Crippen molar-refractivity contribution in [1.82, 2.24) is 5.16 Å². The van der Waals surface area contributed by atoms with E-state index in [0.717, 1.165) is 40.2 Å². The van der Waals surface area contributed by atoms with Gasteiger partial charge in [0, 0.05) is 20.4 Å².